The number of carbonyl (C=O) groups is 1. The van der Waals surface area contributed by atoms with Crippen molar-refractivity contribution >= 4 is 16.1 Å². The highest BCUT2D eigenvalue weighted by Crippen LogP contribution is 2.03. The second kappa shape index (κ2) is 10.5. The first-order valence-corrected chi connectivity index (χ1v) is 8.39. The number of carboxylic acids is 1. The van der Waals surface area contributed by atoms with Crippen LogP contribution >= 0.6 is 0 Å². The van der Waals surface area contributed by atoms with E-state index < -0.39 is 16.1 Å². The van der Waals surface area contributed by atoms with Crippen molar-refractivity contribution < 1.29 is 27.4 Å². The Balaban J connectivity index is 0. The molecule has 7 nitrogen and oxygen atoms in total. The lowest BCUT2D eigenvalue weighted by molar-refractivity contribution is -0.895. The maximum Gasteiger partial charge on any atom is 0.320 e. The Hall–Kier alpha value is -1.22. The van der Waals surface area contributed by atoms with Crippen LogP contribution in [-0.4, -0.2) is 86.0 Å². The van der Waals surface area contributed by atoms with Gasteiger partial charge in [0.2, 0.25) is 0 Å². The van der Waals surface area contributed by atoms with Gasteiger partial charge in [0.05, 0.1) is 26.7 Å². The molecule has 0 spiro atoms. The molecule has 0 radical (unpaired) electrons. The largest absolute Gasteiger partial charge is 0.480 e. The highest BCUT2D eigenvalue weighted by Gasteiger charge is 2.21. The lowest BCUT2D eigenvalue weighted by atomic mass is 10.3. The molecule has 0 aromatic heterocycles. The van der Waals surface area contributed by atoms with E-state index in [1.807, 2.05) is 7.05 Å². The lowest BCUT2D eigenvalue weighted by Gasteiger charge is -2.31. The van der Waals surface area contributed by atoms with E-state index in [9.17, 15) is 13.2 Å². The summed E-state index contributed by atoms with van der Waals surface area (Å²) in [5.74, 6) is -1.01. The van der Waals surface area contributed by atoms with Crippen molar-refractivity contribution in [2.75, 3.05) is 46.5 Å². The molecule has 0 aliphatic carbocycles. The fourth-order valence-electron chi connectivity index (χ4n) is 1.44. The molecule has 0 heterocycles. The minimum atomic E-state index is -3.88. The van der Waals surface area contributed by atoms with Crippen molar-refractivity contribution in [3.05, 3.63) is 25.3 Å². The second-order valence-corrected chi connectivity index (χ2v) is 7.12. The van der Waals surface area contributed by atoms with E-state index in [2.05, 4.69) is 13.2 Å². The van der Waals surface area contributed by atoms with E-state index in [1.165, 1.54) is 0 Å². The third-order valence-corrected chi connectivity index (χ3v) is 3.86. The highest BCUT2D eigenvalue weighted by atomic mass is 32.2. The van der Waals surface area contributed by atoms with Crippen LogP contribution in [0, 0.1) is 0 Å². The summed E-state index contributed by atoms with van der Waals surface area (Å²) < 4.78 is 30.3. The number of hydrogen-bond acceptors (Lipinski definition) is 4. The molecule has 0 rings (SSSR count). The Morgan fingerprint density at radius 1 is 1.27 bits per heavy atom. The number of carboxylic acid groups (broad SMARTS) is 1. The second-order valence-electron chi connectivity index (χ2n) is 5.55. The summed E-state index contributed by atoms with van der Waals surface area (Å²) in [4.78, 5) is 11.7. The quantitative estimate of drug-likeness (QED) is 0.366. The summed E-state index contributed by atoms with van der Waals surface area (Å²) in [6, 6.07) is -0.380. The van der Waals surface area contributed by atoms with E-state index in [0.29, 0.717) is 24.1 Å². The van der Waals surface area contributed by atoms with Crippen molar-refractivity contribution in [2.45, 2.75) is 13.0 Å². The standard InChI is InChI=1S/C9H17NO3S.C5H11NO2/c1-4-6-10(3,7-5-2)8-9-14(11,12)13;1-4(5(7)8)6(2)3/h4-5H,1-2,6-9H2,3H3;4H,1-3H3,(H,7,8)/p+1. The van der Waals surface area contributed by atoms with Gasteiger partial charge in [-0.15, -0.1) is 0 Å². The smallest absolute Gasteiger partial charge is 0.320 e. The van der Waals surface area contributed by atoms with E-state index in [4.69, 9.17) is 9.66 Å². The van der Waals surface area contributed by atoms with Crippen molar-refractivity contribution in [1.29, 1.82) is 0 Å². The fourth-order valence-corrected chi connectivity index (χ4v) is 2.11. The number of rotatable bonds is 9. The summed E-state index contributed by atoms with van der Waals surface area (Å²) in [6.45, 7) is 10.5. The summed E-state index contributed by atoms with van der Waals surface area (Å²) in [5, 5.41) is 8.31. The Morgan fingerprint density at radius 2 is 1.68 bits per heavy atom. The predicted molar refractivity (Wildman–Crippen MR) is 88.4 cm³/mol. The molecule has 1 atom stereocenters. The van der Waals surface area contributed by atoms with Crippen LogP contribution in [0.5, 0.6) is 0 Å². The van der Waals surface area contributed by atoms with Crippen LogP contribution in [0.4, 0.5) is 0 Å². The maximum absolute atomic E-state index is 10.6. The molecule has 0 saturated heterocycles. The minimum absolute atomic E-state index is 0.231. The van der Waals surface area contributed by atoms with Gasteiger partial charge in [0.15, 0.2) is 0 Å². The zero-order valence-electron chi connectivity index (χ0n) is 13.9. The van der Waals surface area contributed by atoms with Crippen LogP contribution in [0.2, 0.25) is 0 Å². The van der Waals surface area contributed by atoms with E-state index in [0.717, 1.165) is 0 Å². The molecule has 0 amide bonds. The Morgan fingerprint density at radius 3 is 1.86 bits per heavy atom. The minimum Gasteiger partial charge on any atom is -0.480 e. The average molecular weight is 337 g/mol. The number of likely N-dealkylation sites (N-methyl/N-ethyl adjacent to an activating group) is 2. The van der Waals surface area contributed by atoms with Crippen LogP contribution in [0.15, 0.2) is 25.3 Å². The van der Waals surface area contributed by atoms with E-state index in [1.54, 1.807) is 38.1 Å². The molecule has 0 aliphatic heterocycles. The van der Waals surface area contributed by atoms with Crippen molar-refractivity contribution in [3.8, 4) is 0 Å². The third kappa shape index (κ3) is 12.5. The number of nitrogens with zero attached hydrogens (tertiary/aromatic N) is 2. The van der Waals surface area contributed by atoms with Crippen LogP contribution in [-0.2, 0) is 14.9 Å². The van der Waals surface area contributed by atoms with Crippen molar-refractivity contribution in [1.82, 2.24) is 4.90 Å². The molecule has 0 fully saturated rings. The van der Waals surface area contributed by atoms with Gasteiger partial charge in [-0.3, -0.25) is 14.2 Å². The number of aliphatic carboxylic acids is 1. The van der Waals surface area contributed by atoms with Crippen LogP contribution in [0.1, 0.15) is 6.92 Å². The van der Waals surface area contributed by atoms with Crippen LogP contribution in [0.25, 0.3) is 0 Å². The van der Waals surface area contributed by atoms with Crippen LogP contribution in [0.3, 0.4) is 0 Å². The van der Waals surface area contributed by atoms with E-state index in [-0.39, 0.29) is 11.8 Å². The number of hydrogen-bond donors (Lipinski definition) is 2. The molecule has 8 heteroatoms. The Kier molecular flexibility index (Phi) is 11.0. The summed E-state index contributed by atoms with van der Waals surface area (Å²) >= 11 is 0. The molecule has 0 aliphatic rings. The molecular formula is C14H29N2O5S+. The van der Waals surface area contributed by atoms with Crippen molar-refractivity contribution in [2.24, 2.45) is 0 Å². The first kappa shape index (κ1) is 23.1. The first-order chi connectivity index (χ1) is 9.88. The Bertz CT molecular complexity index is 450. The summed E-state index contributed by atoms with van der Waals surface area (Å²) in [7, 11) is 1.49. The van der Waals surface area contributed by atoms with Gasteiger partial charge in [0.25, 0.3) is 10.1 Å². The molecule has 0 bridgehead atoms. The van der Waals surface area contributed by atoms with Gasteiger partial charge in [-0.25, -0.2) is 0 Å². The van der Waals surface area contributed by atoms with Gasteiger partial charge < -0.3 is 9.59 Å². The first-order valence-electron chi connectivity index (χ1n) is 6.78. The third-order valence-electron chi connectivity index (χ3n) is 3.16. The zero-order valence-corrected chi connectivity index (χ0v) is 14.7. The normalized spacial score (nSPS) is 13.0. The topological polar surface area (TPSA) is 94.9 Å². The summed E-state index contributed by atoms with van der Waals surface area (Å²) in [5.41, 5.74) is 0. The fraction of sp³-hybridized carbons (Fsp3) is 0.643. The average Bonchev–Trinajstić information content (AvgIpc) is 2.36. The molecule has 0 aromatic rings. The zero-order chi connectivity index (χ0) is 18.0. The van der Waals surface area contributed by atoms with Gasteiger partial charge in [0.1, 0.15) is 11.8 Å². The van der Waals surface area contributed by atoms with Crippen molar-refractivity contribution in [3.63, 3.8) is 0 Å². The maximum atomic E-state index is 10.6. The van der Waals surface area contributed by atoms with Gasteiger partial charge >= 0.3 is 5.97 Å². The molecular weight excluding hydrogens is 308 g/mol. The highest BCUT2D eigenvalue weighted by molar-refractivity contribution is 7.85. The molecule has 130 valence electrons. The van der Waals surface area contributed by atoms with Gasteiger partial charge in [0, 0.05) is 0 Å². The SMILES string of the molecule is C=CC[N+](C)(CC=C)CCS(=O)(=O)O.CC(C(=O)O)N(C)C. The van der Waals surface area contributed by atoms with Gasteiger partial charge in [-0.1, -0.05) is 13.2 Å². The number of quaternary nitrogens is 1. The predicted octanol–water partition coefficient (Wildman–Crippen LogP) is 0.714. The molecule has 0 aromatic carbocycles. The molecule has 22 heavy (non-hydrogen) atoms. The summed E-state index contributed by atoms with van der Waals surface area (Å²) in [6.07, 6.45) is 3.46. The molecule has 0 saturated carbocycles. The molecule has 2 N–H and O–H groups in total. The monoisotopic (exact) mass is 337 g/mol. The van der Waals surface area contributed by atoms with Crippen LogP contribution < -0.4 is 0 Å². The Labute approximate surface area is 133 Å². The molecule has 1 unspecified atom stereocenters. The lowest BCUT2D eigenvalue weighted by Crippen LogP contribution is -2.47. The van der Waals surface area contributed by atoms with Gasteiger partial charge in [-0.2, -0.15) is 8.42 Å². The van der Waals surface area contributed by atoms with Gasteiger partial charge in [-0.05, 0) is 33.2 Å². The van der Waals surface area contributed by atoms with E-state index >= 15 is 0 Å².